The number of aromatic nitrogens is 2. The zero-order chi connectivity index (χ0) is 15.3. The van der Waals surface area contributed by atoms with Gasteiger partial charge in [0, 0.05) is 31.4 Å². The number of aryl methyl sites for hydroxylation is 2. The first-order chi connectivity index (χ1) is 9.35. The van der Waals surface area contributed by atoms with Gasteiger partial charge in [-0.1, -0.05) is 6.92 Å². The van der Waals surface area contributed by atoms with Crippen LogP contribution in [0.15, 0.2) is 6.20 Å². The number of urea groups is 1. The molecule has 0 aromatic carbocycles. The molecule has 0 fully saturated rings. The van der Waals surface area contributed by atoms with Crippen molar-refractivity contribution in [3.8, 4) is 0 Å². The predicted octanol–water partition coefficient (Wildman–Crippen LogP) is 0.891. The SMILES string of the molecule is CCc1nn(C)cc1CNC(=O)NC(C)C(C)C(=O)O. The maximum Gasteiger partial charge on any atom is 0.315 e. The fourth-order valence-corrected chi connectivity index (χ4v) is 1.80. The number of carbonyl (C=O) groups excluding carboxylic acids is 1. The first-order valence-electron chi connectivity index (χ1n) is 6.63. The van der Waals surface area contributed by atoms with Crippen molar-refractivity contribution in [2.45, 2.75) is 39.8 Å². The number of carbonyl (C=O) groups is 2. The van der Waals surface area contributed by atoms with Crippen LogP contribution in [0, 0.1) is 5.92 Å². The van der Waals surface area contributed by atoms with Crippen LogP contribution in [0.1, 0.15) is 32.0 Å². The van der Waals surface area contributed by atoms with E-state index in [1.165, 1.54) is 0 Å². The van der Waals surface area contributed by atoms with Gasteiger partial charge in [0.05, 0.1) is 11.6 Å². The van der Waals surface area contributed by atoms with Gasteiger partial charge in [0.1, 0.15) is 0 Å². The van der Waals surface area contributed by atoms with E-state index in [9.17, 15) is 9.59 Å². The average molecular weight is 282 g/mol. The molecule has 2 unspecified atom stereocenters. The number of amides is 2. The Morgan fingerprint density at radius 1 is 1.45 bits per heavy atom. The number of carboxylic acids is 1. The molecule has 1 aromatic heterocycles. The summed E-state index contributed by atoms with van der Waals surface area (Å²) in [5.41, 5.74) is 1.91. The third-order valence-electron chi connectivity index (χ3n) is 3.26. The van der Waals surface area contributed by atoms with Gasteiger partial charge in [0.2, 0.25) is 0 Å². The topological polar surface area (TPSA) is 96.3 Å². The predicted molar refractivity (Wildman–Crippen MR) is 74.2 cm³/mol. The molecule has 0 saturated carbocycles. The van der Waals surface area contributed by atoms with Gasteiger partial charge in [-0.3, -0.25) is 9.48 Å². The molecule has 7 heteroatoms. The molecule has 7 nitrogen and oxygen atoms in total. The Balaban J connectivity index is 2.49. The van der Waals surface area contributed by atoms with E-state index >= 15 is 0 Å². The summed E-state index contributed by atoms with van der Waals surface area (Å²) in [7, 11) is 1.83. The number of nitrogens with zero attached hydrogens (tertiary/aromatic N) is 2. The molecule has 0 aliphatic rings. The zero-order valence-corrected chi connectivity index (χ0v) is 12.3. The lowest BCUT2D eigenvalue weighted by atomic mass is 10.0. The molecule has 3 N–H and O–H groups in total. The van der Waals surface area contributed by atoms with Crippen LogP contribution in [-0.4, -0.2) is 32.9 Å². The van der Waals surface area contributed by atoms with Crippen LogP contribution in [0.2, 0.25) is 0 Å². The quantitative estimate of drug-likeness (QED) is 0.722. The van der Waals surface area contributed by atoms with Crippen molar-refractivity contribution in [1.82, 2.24) is 20.4 Å². The van der Waals surface area contributed by atoms with E-state index in [2.05, 4.69) is 15.7 Å². The van der Waals surface area contributed by atoms with Crippen molar-refractivity contribution in [2.24, 2.45) is 13.0 Å². The summed E-state index contributed by atoms with van der Waals surface area (Å²) >= 11 is 0. The Hall–Kier alpha value is -2.05. The normalized spacial score (nSPS) is 13.6. The van der Waals surface area contributed by atoms with Gasteiger partial charge >= 0.3 is 12.0 Å². The monoisotopic (exact) mass is 282 g/mol. The Kier molecular flexibility index (Phi) is 5.54. The van der Waals surface area contributed by atoms with Gasteiger partial charge in [0.25, 0.3) is 0 Å². The van der Waals surface area contributed by atoms with Crippen LogP contribution < -0.4 is 10.6 Å². The summed E-state index contributed by atoms with van der Waals surface area (Å²) in [4.78, 5) is 22.5. The van der Waals surface area contributed by atoms with Crippen LogP contribution in [0.25, 0.3) is 0 Å². The van der Waals surface area contributed by atoms with Crippen LogP contribution >= 0.6 is 0 Å². The van der Waals surface area contributed by atoms with Gasteiger partial charge in [-0.2, -0.15) is 5.10 Å². The molecule has 1 heterocycles. The van der Waals surface area contributed by atoms with Gasteiger partial charge in [-0.25, -0.2) is 4.79 Å². The molecular weight excluding hydrogens is 260 g/mol. The Labute approximate surface area is 118 Å². The number of hydrogen-bond donors (Lipinski definition) is 3. The summed E-state index contributed by atoms with van der Waals surface area (Å²) in [5, 5.41) is 18.5. The fraction of sp³-hybridized carbons (Fsp3) is 0.615. The van der Waals surface area contributed by atoms with Gasteiger partial charge < -0.3 is 15.7 Å². The number of carboxylic acid groups (broad SMARTS) is 1. The van der Waals surface area contributed by atoms with Crippen LogP contribution in [-0.2, 0) is 24.8 Å². The van der Waals surface area contributed by atoms with E-state index in [0.29, 0.717) is 6.54 Å². The summed E-state index contributed by atoms with van der Waals surface area (Å²) in [6.07, 6.45) is 2.66. The number of hydrogen-bond acceptors (Lipinski definition) is 3. The van der Waals surface area contributed by atoms with Crippen molar-refractivity contribution in [1.29, 1.82) is 0 Å². The van der Waals surface area contributed by atoms with E-state index in [-0.39, 0.29) is 6.03 Å². The molecule has 0 saturated heterocycles. The maximum absolute atomic E-state index is 11.7. The number of aliphatic carboxylic acids is 1. The highest BCUT2D eigenvalue weighted by molar-refractivity contribution is 5.76. The molecule has 1 rings (SSSR count). The molecule has 2 amide bonds. The first kappa shape index (κ1) is 16.0. The van der Waals surface area contributed by atoms with Crippen molar-refractivity contribution in [3.05, 3.63) is 17.5 Å². The highest BCUT2D eigenvalue weighted by Crippen LogP contribution is 2.07. The molecule has 0 aliphatic carbocycles. The van der Waals surface area contributed by atoms with Crippen LogP contribution in [0.4, 0.5) is 4.79 Å². The summed E-state index contributed by atoms with van der Waals surface area (Å²) in [5.74, 6) is -1.57. The van der Waals surface area contributed by atoms with Crippen LogP contribution in [0.5, 0.6) is 0 Å². The van der Waals surface area contributed by atoms with Gasteiger partial charge in [-0.15, -0.1) is 0 Å². The smallest absolute Gasteiger partial charge is 0.315 e. The second-order valence-corrected chi connectivity index (χ2v) is 4.87. The van der Waals surface area contributed by atoms with E-state index in [1.54, 1.807) is 18.5 Å². The first-order valence-corrected chi connectivity index (χ1v) is 6.63. The van der Waals surface area contributed by atoms with E-state index in [0.717, 1.165) is 17.7 Å². The third-order valence-corrected chi connectivity index (χ3v) is 3.26. The zero-order valence-electron chi connectivity index (χ0n) is 12.3. The van der Waals surface area contributed by atoms with Crippen molar-refractivity contribution in [2.75, 3.05) is 0 Å². The minimum atomic E-state index is -0.932. The average Bonchev–Trinajstić information content (AvgIpc) is 2.75. The van der Waals surface area contributed by atoms with Gasteiger partial charge in [0.15, 0.2) is 0 Å². The van der Waals surface area contributed by atoms with E-state index in [1.807, 2.05) is 20.2 Å². The minimum absolute atomic E-state index is 0.372. The summed E-state index contributed by atoms with van der Waals surface area (Å²) in [6, 6.07) is -0.816. The Bertz CT molecular complexity index is 484. The molecule has 0 bridgehead atoms. The standard InChI is InChI=1S/C13H22N4O3/c1-5-11-10(7-17(4)16-11)6-14-13(20)15-9(3)8(2)12(18)19/h7-9H,5-6H2,1-4H3,(H,18,19)(H2,14,15,20). The highest BCUT2D eigenvalue weighted by atomic mass is 16.4. The number of rotatable bonds is 6. The van der Waals surface area contributed by atoms with Crippen molar-refractivity contribution < 1.29 is 14.7 Å². The molecule has 112 valence electrons. The largest absolute Gasteiger partial charge is 0.481 e. The van der Waals surface area contributed by atoms with E-state index < -0.39 is 17.9 Å². The summed E-state index contributed by atoms with van der Waals surface area (Å²) in [6.45, 7) is 5.60. The van der Waals surface area contributed by atoms with E-state index in [4.69, 9.17) is 5.11 Å². The lowest BCUT2D eigenvalue weighted by Crippen LogP contribution is -2.45. The molecule has 1 aromatic rings. The molecule has 0 spiro atoms. The second kappa shape index (κ2) is 6.93. The van der Waals surface area contributed by atoms with Crippen LogP contribution in [0.3, 0.4) is 0 Å². The summed E-state index contributed by atoms with van der Waals surface area (Å²) < 4.78 is 1.71. The molecular formula is C13H22N4O3. The molecule has 20 heavy (non-hydrogen) atoms. The van der Waals surface area contributed by atoms with Gasteiger partial charge in [-0.05, 0) is 20.3 Å². The number of nitrogens with one attached hydrogen (secondary N) is 2. The third kappa shape index (κ3) is 4.25. The Morgan fingerprint density at radius 3 is 2.65 bits per heavy atom. The molecule has 0 aliphatic heterocycles. The Morgan fingerprint density at radius 2 is 2.10 bits per heavy atom. The lowest BCUT2D eigenvalue weighted by Gasteiger charge is -2.18. The minimum Gasteiger partial charge on any atom is -0.481 e. The lowest BCUT2D eigenvalue weighted by molar-refractivity contribution is -0.141. The fourth-order valence-electron chi connectivity index (χ4n) is 1.80. The second-order valence-electron chi connectivity index (χ2n) is 4.87. The van der Waals surface area contributed by atoms with Crippen molar-refractivity contribution in [3.63, 3.8) is 0 Å². The maximum atomic E-state index is 11.7. The molecule has 2 atom stereocenters. The molecule has 0 radical (unpaired) electrons. The van der Waals surface area contributed by atoms with Crippen molar-refractivity contribution >= 4 is 12.0 Å². The highest BCUT2D eigenvalue weighted by Gasteiger charge is 2.20.